The summed E-state index contributed by atoms with van der Waals surface area (Å²) < 4.78 is 0. The topological polar surface area (TPSA) is 40.6 Å². The molecule has 4 nitrogen and oxygen atoms in total. The number of fused-ring (bicyclic) bond motifs is 2. The SMILES string of the molecule is O=C1CCC(=O)N(CCCCN2CCc3cccc(Cl)c3CC2)c2ccccc21. The zero-order valence-corrected chi connectivity index (χ0v) is 17.5. The fourth-order valence-electron chi connectivity index (χ4n) is 4.42. The van der Waals surface area contributed by atoms with Gasteiger partial charge in [-0.1, -0.05) is 35.9 Å². The maximum atomic E-state index is 12.6. The van der Waals surface area contributed by atoms with Crippen LogP contribution in [-0.2, 0) is 17.6 Å². The van der Waals surface area contributed by atoms with Crippen LogP contribution in [-0.4, -0.2) is 42.8 Å². The number of Topliss-reactive ketones (excluding diaryl/α,β-unsaturated/α-hetero) is 1. The molecule has 0 radical (unpaired) electrons. The van der Waals surface area contributed by atoms with E-state index in [9.17, 15) is 9.59 Å². The summed E-state index contributed by atoms with van der Waals surface area (Å²) in [5.74, 6) is 0.127. The number of halogens is 1. The number of nitrogens with zero attached hydrogens (tertiary/aromatic N) is 2. The predicted octanol–water partition coefficient (Wildman–Crippen LogP) is 4.53. The minimum Gasteiger partial charge on any atom is -0.312 e. The van der Waals surface area contributed by atoms with E-state index in [4.69, 9.17) is 11.6 Å². The molecule has 2 aliphatic heterocycles. The summed E-state index contributed by atoms with van der Waals surface area (Å²) in [6.07, 6.45) is 4.61. The number of hydrogen-bond donors (Lipinski definition) is 0. The van der Waals surface area contributed by atoms with Crippen molar-refractivity contribution in [2.45, 2.75) is 38.5 Å². The van der Waals surface area contributed by atoms with Crippen LogP contribution >= 0.6 is 11.6 Å². The molecular weight excluding hydrogens is 384 g/mol. The average Bonchev–Trinajstić information content (AvgIpc) is 3.01. The second kappa shape index (κ2) is 9.10. The molecule has 2 heterocycles. The van der Waals surface area contributed by atoms with Crippen molar-refractivity contribution in [3.05, 3.63) is 64.2 Å². The van der Waals surface area contributed by atoms with Crippen LogP contribution in [0.3, 0.4) is 0 Å². The first kappa shape index (κ1) is 20.1. The van der Waals surface area contributed by atoms with Crippen molar-refractivity contribution in [2.24, 2.45) is 0 Å². The van der Waals surface area contributed by atoms with Gasteiger partial charge in [0.1, 0.15) is 0 Å². The van der Waals surface area contributed by atoms with Gasteiger partial charge in [0, 0.05) is 43.1 Å². The summed E-state index contributed by atoms with van der Waals surface area (Å²) in [6, 6.07) is 13.7. The molecule has 152 valence electrons. The third kappa shape index (κ3) is 4.54. The van der Waals surface area contributed by atoms with Gasteiger partial charge in [-0.05, 0) is 61.6 Å². The van der Waals surface area contributed by atoms with Crippen molar-refractivity contribution < 1.29 is 9.59 Å². The zero-order chi connectivity index (χ0) is 20.2. The monoisotopic (exact) mass is 410 g/mol. The molecule has 0 atom stereocenters. The van der Waals surface area contributed by atoms with Crippen molar-refractivity contribution in [3.63, 3.8) is 0 Å². The van der Waals surface area contributed by atoms with Gasteiger partial charge in [-0.25, -0.2) is 0 Å². The summed E-state index contributed by atoms with van der Waals surface area (Å²) in [5, 5.41) is 0.886. The Balaban J connectivity index is 1.32. The van der Waals surface area contributed by atoms with Crippen LogP contribution in [0.2, 0.25) is 5.02 Å². The minimum atomic E-state index is 0.0585. The Morgan fingerprint density at radius 1 is 0.828 bits per heavy atom. The average molecular weight is 411 g/mol. The molecule has 0 saturated carbocycles. The van der Waals surface area contributed by atoms with Crippen LogP contribution in [0, 0.1) is 0 Å². The smallest absolute Gasteiger partial charge is 0.227 e. The largest absolute Gasteiger partial charge is 0.312 e. The maximum Gasteiger partial charge on any atom is 0.227 e. The van der Waals surface area contributed by atoms with Crippen LogP contribution in [0.15, 0.2) is 42.5 Å². The molecule has 5 heteroatoms. The summed E-state index contributed by atoms with van der Waals surface area (Å²) in [5.41, 5.74) is 4.13. The molecule has 0 spiro atoms. The Morgan fingerprint density at radius 3 is 2.52 bits per heavy atom. The van der Waals surface area contributed by atoms with Gasteiger partial charge in [-0.15, -0.1) is 0 Å². The van der Waals surface area contributed by atoms with Crippen LogP contribution < -0.4 is 4.90 Å². The Bertz CT molecular complexity index is 912. The van der Waals surface area contributed by atoms with Crippen LogP contribution in [0.4, 0.5) is 5.69 Å². The number of para-hydroxylation sites is 1. The fraction of sp³-hybridized carbons (Fsp3) is 0.417. The van der Waals surface area contributed by atoms with Gasteiger partial charge < -0.3 is 9.80 Å². The molecule has 29 heavy (non-hydrogen) atoms. The molecule has 1 amide bonds. The van der Waals surface area contributed by atoms with Crippen molar-refractivity contribution in [2.75, 3.05) is 31.1 Å². The Morgan fingerprint density at radius 2 is 1.62 bits per heavy atom. The molecule has 2 aromatic rings. The molecule has 0 saturated heterocycles. The molecule has 0 fully saturated rings. The second-order valence-electron chi connectivity index (χ2n) is 7.91. The Hall–Kier alpha value is -2.17. The highest BCUT2D eigenvalue weighted by Crippen LogP contribution is 2.27. The van der Waals surface area contributed by atoms with Gasteiger partial charge in [-0.2, -0.15) is 0 Å². The van der Waals surface area contributed by atoms with Crippen molar-refractivity contribution in [1.82, 2.24) is 4.90 Å². The number of benzene rings is 2. The standard InChI is InChI=1S/C24H27ClN2O2/c25-21-8-5-6-18-12-16-26(17-13-19(18)21)14-3-4-15-27-22-9-2-1-7-20(22)23(28)10-11-24(27)29/h1-2,5-9H,3-4,10-17H2. The number of rotatable bonds is 5. The first-order valence-corrected chi connectivity index (χ1v) is 10.9. The summed E-state index contributed by atoms with van der Waals surface area (Å²) >= 11 is 6.37. The maximum absolute atomic E-state index is 12.6. The van der Waals surface area contributed by atoms with Crippen molar-refractivity contribution in [1.29, 1.82) is 0 Å². The molecule has 0 aromatic heterocycles. The molecule has 4 rings (SSSR count). The number of anilines is 1. The lowest BCUT2D eigenvalue weighted by molar-refractivity contribution is -0.118. The molecule has 2 aromatic carbocycles. The van der Waals surface area contributed by atoms with Gasteiger partial charge in [0.25, 0.3) is 0 Å². The Labute approximate surface area is 177 Å². The van der Waals surface area contributed by atoms with E-state index in [-0.39, 0.29) is 11.7 Å². The van der Waals surface area contributed by atoms with E-state index in [1.54, 1.807) is 0 Å². The zero-order valence-electron chi connectivity index (χ0n) is 16.7. The molecule has 0 bridgehead atoms. The first-order valence-electron chi connectivity index (χ1n) is 10.5. The Kier molecular flexibility index (Phi) is 6.31. The third-order valence-corrected chi connectivity index (χ3v) is 6.41. The summed E-state index contributed by atoms with van der Waals surface area (Å²) in [7, 11) is 0. The van der Waals surface area contributed by atoms with E-state index in [0.717, 1.165) is 56.0 Å². The van der Waals surface area contributed by atoms with Gasteiger partial charge in [0.05, 0.1) is 5.69 Å². The number of carbonyl (C=O) groups is 2. The van der Waals surface area contributed by atoms with Crippen molar-refractivity contribution >= 4 is 29.0 Å². The number of hydrogen-bond acceptors (Lipinski definition) is 3. The van der Waals surface area contributed by atoms with Crippen LogP contribution in [0.5, 0.6) is 0 Å². The molecule has 0 aliphatic carbocycles. The predicted molar refractivity (Wildman–Crippen MR) is 117 cm³/mol. The van der Waals surface area contributed by atoms with Gasteiger partial charge >= 0.3 is 0 Å². The van der Waals surface area contributed by atoms with Gasteiger partial charge in [-0.3, -0.25) is 9.59 Å². The quantitative estimate of drug-likeness (QED) is 0.680. The highest BCUT2D eigenvalue weighted by molar-refractivity contribution is 6.31. The number of unbranched alkanes of at least 4 members (excludes halogenated alkanes) is 1. The third-order valence-electron chi connectivity index (χ3n) is 6.06. The minimum absolute atomic E-state index is 0.0585. The summed E-state index contributed by atoms with van der Waals surface area (Å²) in [6.45, 7) is 3.77. The lowest BCUT2D eigenvalue weighted by Gasteiger charge is -2.24. The van der Waals surface area contributed by atoms with E-state index >= 15 is 0 Å². The number of carbonyl (C=O) groups excluding carboxylic acids is 2. The van der Waals surface area contributed by atoms with Crippen molar-refractivity contribution in [3.8, 4) is 0 Å². The van der Waals surface area contributed by atoms with Crippen LogP contribution in [0.1, 0.15) is 47.2 Å². The molecular formula is C24H27ClN2O2. The highest BCUT2D eigenvalue weighted by atomic mass is 35.5. The number of ketones is 1. The van der Waals surface area contributed by atoms with Gasteiger partial charge in [0.15, 0.2) is 5.78 Å². The fourth-order valence-corrected chi connectivity index (χ4v) is 4.71. The number of amides is 1. The molecule has 2 aliphatic rings. The van der Waals surface area contributed by atoms with Crippen LogP contribution in [0.25, 0.3) is 0 Å². The van der Waals surface area contributed by atoms with E-state index in [0.29, 0.717) is 24.9 Å². The normalized spacial score (nSPS) is 17.5. The first-order chi connectivity index (χ1) is 14.1. The van der Waals surface area contributed by atoms with Gasteiger partial charge in [0.2, 0.25) is 5.91 Å². The second-order valence-corrected chi connectivity index (χ2v) is 8.32. The lowest BCUT2D eigenvalue weighted by Crippen LogP contribution is -2.32. The lowest BCUT2D eigenvalue weighted by atomic mass is 10.0. The summed E-state index contributed by atoms with van der Waals surface area (Å²) in [4.78, 5) is 29.2. The van der Waals surface area contributed by atoms with E-state index in [1.807, 2.05) is 41.3 Å². The highest BCUT2D eigenvalue weighted by Gasteiger charge is 2.26. The molecule has 0 N–H and O–H groups in total. The van der Waals surface area contributed by atoms with E-state index in [1.165, 1.54) is 11.1 Å². The molecule has 0 unspecified atom stereocenters. The van der Waals surface area contributed by atoms with E-state index in [2.05, 4.69) is 11.0 Å². The van der Waals surface area contributed by atoms with E-state index < -0.39 is 0 Å².